The van der Waals surface area contributed by atoms with Crippen molar-refractivity contribution in [2.45, 2.75) is 73.1 Å². The van der Waals surface area contributed by atoms with Gasteiger partial charge in [0.2, 0.25) is 0 Å². The van der Waals surface area contributed by atoms with Gasteiger partial charge in [0.25, 0.3) is 5.97 Å². The Bertz CT molecular complexity index is 276. The molecule has 0 amide bonds. The Hall–Kier alpha value is -0.670. The molecule has 0 aromatic heterocycles. The summed E-state index contributed by atoms with van der Waals surface area (Å²) in [6.45, 7) is 9.78. The lowest BCUT2D eigenvalue weighted by Gasteiger charge is -2.16. The van der Waals surface area contributed by atoms with Crippen LogP contribution < -0.4 is 0 Å². The molecule has 0 aromatic rings. The minimum absolute atomic E-state index is 0.237. The highest BCUT2D eigenvalue weighted by Gasteiger charge is 2.05. The fraction of sp³-hybridized carbons (Fsp3) is 0.895. The molecule has 0 unspecified atom stereocenters. The van der Waals surface area contributed by atoms with Crippen LogP contribution in [0.25, 0.3) is 0 Å². The van der Waals surface area contributed by atoms with Crippen molar-refractivity contribution >= 4 is 19.9 Å². The summed E-state index contributed by atoms with van der Waals surface area (Å²) in [5, 5.41) is 7.42. The zero-order valence-electron chi connectivity index (χ0n) is 17.6. The molecule has 6 heteroatoms. The third-order valence-electron chi connectivity index (χ3n) is 3.01. The summed E-state index contributed by atoms with van der Waals surface area (Å²) < 4.78 is 4.59. The van der Waals surface area contributed by atoms with E-state index in [0.717, 1.165) is 6.92 Å². The molecule has 0 heterocycles. The second-order valence-electron chi connectivity index (χ2n) is 6.27. The van der Waals surface area contributed by atoms with Crippen LogP contribution in [0, 0.1) is 0 Å². The summed E-state index contributed by atoms with van der Waals surface area (Å²) in [5.74, 6) is -1.07. The van der Waals surface area contributed by atoms with Crippen LogP contribution in [0.15, 0.2) is 0 Å². The van der Waals surface area contributed by atoms with Gasteiger partial charge in [0.15, 0.2) is 0 Å². The van der Waals surface area contributed by atoms with E-state index in [4.69, 9.17) is 9.90 Å². The number of nitrogens with zero attached hydrogens (tertiary/aromatic N) is 1. The third-order valence-corrected chi connectivity index (χ3v) is 5.86. The van der Waals surface area contributed by atoms with Gasteiger partial charge >= 0.3 is 5.97 Å². The lowest BCUT2D eigenvalue weighted by Crippen LogP contribution is -2.17. The maximum absolute atomic E-state index is 10.1. The van der Waals surface area contributed by atoms with Gasteiger partial charge in [0, 0.05) is 13.8 Å². The number of esters is 1. The van der Waals surface area contributed by atoms with Crippen molar-refractivity contribution in [1.82, 2.24) is 4.90 Å². The highest BCUT2D eigenvalue weighted by molar-refractivity contribution is 7.57. The zero-order valence-corrected chi connectivity index (χ0v) is 18.5. The Kier molecular flexibility index (Phi) is 27.2. The van der Waals surface area contributed by atoms with Crippen molar-refractivity contribution in [1.29, 1.82) is 0 Å². The molecule has 0 aliphatic heterocycles. The first-order valence-electron chi connectivity index (χ1n) is 9.41. The molecular formula is C19H42NO4P. The lowest BCUT2D eigenvalue weighted by atomic mass is 10.4. The molecular weight excluding hydrogens is 337 g/mol. The van der Waals surface area contributed by atoms with E-state index in [0.29, 0.717) is 14.7 Å². The van der Waals surface area contributed by atoms with Crippen molar-refractivity contribution < 1.29 is 19.4 Å². The third kappa shape index (κ3) is 39.8. The SMILES string of the molecule is CC(=O)O.CC(=O)OCN(C)C.CCCCP(CCCC)CCCC. The molecule has 25 heavy (non-hydrogen) atoms. The Morgan fingerprint density at radius 3 is 1.36 bits per heavy atom. The van der Waals surface area contributed by atoms with Crippen molar-refractivity contribution in [2.75, 3.05) is 39.3 Å². The Balaban J connectivity index is -0.000000342. The number of carbonyl (C=O) groups is 2. The number of rotatable bonds is 11. The number of carboxylic acids is 1. The van der Waals surface area contributed by atoms with Gasteiger partial charge in [0.1, 0.15) is 6.73 Å². The van der Waals surface area contributed by atoms with Crippen molar-refractivity contribution in [3.8, 4) is 0 Å². The van der Waals surface area contributed by atoms with Crippen LogP contribution in [0.5, 0.6) is 0 Å². The van der Waals surface area contributed by atoms with Crippen molar-refractivity contribution in [3.63, 3.8) is 0 Å². The molecule has 0 aromatic carbocycles. The molecule has 0 aliphatic rings. The summed E-state index contributed by atoms with van der Waals surface area (Å²) in [7, 11) is 4.09. The van der Waals surface area contributed by atoms with Gasteiger partial charge in [0.05, 0.1) is 0 Å². The number of carbonyl (C=O) groups excluding carboxylic acids is 1. The molecule has 0 radical (unpaired) electrons. The molecule has 0 rings (SSSR count). The van der Waals surface area contributed by atoms with E-state index in [2.05, 4.69) is 25.5 Å². The maximum Gasteiger partial charge on any atom is 0.303 e. The highest BCUT2D eigenvalue weighted by atomic mass is 31.1. The predicted molar refractivity (Wildman–Crippen MR) is 110 cm³/mol. The number of aliphatic carboxylic acids is 1. The molecule has 0 atom stereocenters. The second kappa shape index (κ2) is 23.3. The van der Waals surface area contributed by atoms with Crippen LogP contribution in [-0.4, -0.2) is 61.3 Å². The Labute approximate surface area is 157 Å². The van der Waals surface area contributed by atoms with Gasteiger partial charge in [-0.15, -0.1) is 7.92 Å². The minimum atomic E-state index is -0.833. The van der Waals surface area contributed by atoms with E-state index in [1.165, 1.54) is 45.4 Å². The summed E-state index contributed by atoms with van der Waals surface area (Å²) in [5.41, 5.74) is 0. The first-order valence-corrected chi connectivity index (χ1v) is 11.3. The summed E-state index contributed by atoms with van der Waals surface area (Å²) in [4.78, 5) is 20.9. The first kappa shape index (κ1) is 29.1. The van der Waals surface area contributed by atoms with Gasteiger partial charge in [-0.1, -0.05) is 40.0 Å². The Morgan fingerprint density at radius 2 is 1.20 bits per heavy atom. The van der Waals surface area contributed by atoms with E-state index in [1.807, 2.05) is 14.1 Å². The molecule has 152 valence electrons. The summed E-state index contributed by atoms with van der Waals surface area (Å²) in [6, 6.07) is 0. The van der Waals surface area contributed by atoms with Crippen LogP contribution in [0.3, 0.4) is 0 Å². The van der Waals surface area contributed by atoms with E-state index in [-0.39, 0.29) is 5.97 Å². The molecule has 1 N–H and O–H groups in total. The van der Waals surface area contributed by atoms with Gasteiger partial charge in [-0.2, -0.15) is 0 Å². The molecule has 0 fully saturated rings. The summed E-state index contributed by atoms with van der Waals surface area (Å²) >= 11 is 0. The molecule has 0 saturated heterocycles. The molecule has 0 bridgehead atoms. The quantitative estimate of drug-likeness (QED) is 0.310. The average molecular weight is 380 g/mol. The van der Waals surface area contributed by atoms with E-state index < -0.39 is 5.97 Å². The normalized spacial score (nSPS) is 9.80. The average Bonchev–Trinajstić information content (AvgIpc) is 2.52. The van der Waals surface area contributed by atoms with Crippen LogP contribution in [0.1, 0.15) is 73.1 Å². The number of hydrogen-bond donors (Lipinski definition) is 1. The van der Waals surface area contributed by atoms with Gasteiger partial charge < -0.3 is 9.84 Å². The smallest absolute Gasteiger partial charge is 0.303 e. The van der Waals surface area contributed by atoms with E-state index in [1.54, 1.807) is 23.4 Å². The van der Waals surface area contributed by atoms with Gasteiger partial charge in [-0.3, -0.25) is 14.5 Å². The Morgan fingerprint density at radius 1 is 0.880 bits per heavy atom. The van der Waals surface area contributed by atoms with E-state index >= 15 is 0 Å². The van der Waals surface area contributed by atoms with Gasteiger partial charge in [-0.25, -0.2) is 0 Å². The van der Waals surface area contributed by atoms with E-state index in [9.17, 15) is 4.79 Å². The number of ether oxygens (including phenoxy) is 1. The van der Waals surface area contributed by atoms with Crippen LogP contribution in [0.4, 0.5) is 0 Å². The standard InChI is InChI=1S/C12H27P.C5H11NO2.C2H4O2/c1-4-7-10-13(11-8-5-2)12-9-6-3;1-5(7)8-4-6(2)3;1-2(3)4/h4-12H2,1-3H3;4H2,1-3H3;1H3,(H,3,4). The predicted octanol–water partition coefficient (Wildman–Crippen LogP) is 5.03. The van der Waals surface area contributed by atoms with Crippen molar-refractivity contribution in [2.24, 2.45) is 0 Å². The molecule has 5 nitrogen and oxygen atoms in total. The number of unbranched alkanes of at least 4 members (excludes halogenated alkanes) is 3. The second-order valence-corrected chi connectivity index (χ2v) is 8.95. The fourth-order valence-electron chi connectivity index (χ4n) is 1.70. The van der Waals surface area contributed by atoms with Gasteiger partial charge in [-0.05, 0) is 51.8 Å². The zero-order chi connectivity index (χ0) is 20.1. The molecule has 0 saturated carbocycles. The highest BCUT2D eigenvalue weighted by Crippen LogP contribution is 2.38. The number of hydrogen-bond acceptors (Lipinski definition) is 4. The van der Waals surface area contributed by atoms with Crippen LogP contribution >= 0.6 is 7.92 Å². The fourth-order valence-corrected chi connectivity index (χ4v) is 4.66. The minimum Gasteiger partial charge on any atom is -0.481 e. The topological polar surface area (TPSA) is 66.8 Å². The number of carboxylic acid groups (broad SMARTS) is 1. The molecule has 0 aliphatic carbocycles. The molecule has 0 spiro atoms. The largest absolute Gasteiger partial charge is 0.481 e. The van der Waals surface area contributed by atoms with Crippen LogP contribution in [0.2, 0.25) is 0 Å². The first-order chi connectivity index (χ1) is 11.7. The van der Waals surface area contributed by atoms with Crippen LogP contribution in [-0.2, 0) is 14.3 Å². The summed E-state index contributed by atoms with van der Waals surface area (Å²) in [6.07, 6.45) is 13.2. The lowest BCUT2D eigenvalue weighted by molar-refractivity contribution is -0.144. The van der Waals surface area contributed by atoms with Crippen molar-refractivity contribution in [3.05, 3.63) is 0 Å². The monoisotopic (exact) mass is 379 g/mol. The maximum atomic E-state index is 10.1.